The van der Waals surface area contributed by atoms with Crippen LogP contribution in [0.3, 0.4) is 0 Å². The summed E-state index contributed by atoms with van der Waals surface area (Å²) in [5, 5.41) is 0. The van der Waals surface area contributed by atoms with Gasteiger partial charge in [-0.3, -0.25) is 9.69 Å². The maximum absolute atomic E-state index is 13.5. The molecule has 0 radical (unpaired) electrons. The minimum atomic E-state index is -0.776. The number of nitrogens with zero attached hydrogens (tertiary/aromatic N) is 1. The molecule has 0 saturated carbocycles. The van der Waals surface area contributed by atoms with Crippen LogP contribution in [0.2, 0.25) is 0 Å². The Hall–Kier alpha value is -1.29. The second-order valence-corrected chi connectivity index (χ2v) is 5.96. The molecule has 1 heterocycles. The summed E-state index contributed by atoms with van der Waals surface area (Å²) in [6.45, 7) is 6.09. The first kappa shape index (κ1) is 14.1. The molecule has 0 spiro atoms. The quantitative estimate of drug-likeness (QED) is 0.783. The maximum atomic E-state index is 13.5. The van der Waals surface area contributed by atoms with Crippen LogP contribution < -0.4 is 0 Å². The number of benzene rings is 1. The van der Waals surface area contributed by atoms with Crippen molar-refractivity contribution in [3.8, 4) is 0 Å². The lowest BCUT2D eigenvalue weighted by molar-refractivity contribution is 0.0837. The minimum absolute atomic E-state index is 0.0912. The van der Waals surface area contributed by atoms with Gasteiger partial charge in [0.1, 0.15) is 11.6 Å². The number of halogens is 2. The molecule has 2 nitrogen and oxygen atoms in total. The molecule has 2 rings (SSSR count). The van der Waals surface area contributed by atoms with Crippen molar-refractivity contribution in [2.45, 2.75) is 26.7 Å². The van der Waals surface area contributed by atoms with E-state index in [4.69, 9.17) is 0 Å². The van der Waals surface area contributed by atoms with E-state index in [0.29, 0.717) is 5.41 Å². The Morgan fingerprint density at radius 1 is 1.21 bits per heavy atom. The zero-order valence-electron chi connectivity index (χ0n) is 11.4. The van der Waals surface area contributed by atoms with Gasteiger partial charge in [0.15, 0.2) is 5.78 Å². The Kier molecular flexibility index (Phi) is 3.99. The van der Waals surface area contributed by atoms with E-state index in [9.17, 15) is 13.6 Å². The largest absolute Gasteiger partial charge is 0.296 e. The fourth-order valence-electron chi connectivity index (χ4n) is 2.36. The SMILES string of the molecule is CC1(C)CCN(CC(=O)c2c(F)cccc2F)CC1. The lowest BCUT2D eigenvalue weighted by Gasteiger charge is -2.36. The molecule has 1 aromatic rings. The summed E-state index contributed by atoms with van der Waals surface area (Å²) >= 11 is 0. The molecule has 19 heavy (non-hydrogen) atoms. The molecule has 1 aliphatic heterocycles. The van der Waals surface area contributed by atoms with Gasteiger partial charge in [-0.2, -0.15) is 0 Å². The summed E-state index contributed by atoms with van der Waals surface area (Å²) < 4.78 is 27.0. The van der Waals surface area contributed by atoms with Crippen molar-refractivity contribution < 1.29 is 13.6 Å². The van der Waals surface area contributed by atoms with E-state index >= 15 is 0 Å². The van der Waals surface area contributed by atoms with Gasteiger partial charge in [0.2, 0.25) is 0 Å². The number of rotatable bonds is 3. The van der Waals surface area contributed by atoms with Crippen molar-refractivity contribution in [2.75, 3.05) is 19.6 Å². The van der Waals surface area contributed by atoms with E-state index in [0.717, 1.165) is 38.1 Å². The third-order valence-corrected chi connectivity index (χ3v) is 3.82. The molecule has 1 saturated heterocycles. The summed E-state index contributed by atoms with van der Waals surface area (Å²) in [7, 11) is 0. The van der Waals surface area contributed by atoms with Gasteiger partial charge in [0.05, 0.1) is 12.1 Å². The first-order valence-electron chi connectivity index (χ1n) is 6.59. The Bertz CT molecular complexity index is 455. The van der Waals surface area contributed by atoms with Crippen molar-refractivity contribution in [1.29, 1.82) is 0 Å². The molecule has 4 heteroatoms. The van der Waals surface area contributed by atoms with Crippen molar-refractivity contribution in [1.82, 2.24) is 4.90 Å². The second-order valence-electron chi connectivity index (χ2n) is 5.96. The summed E-state index contributed by atoms with van der Waals surface area (Å²) in [4.78, 5) is 14.0. The monoisotopic (exact) mass is 267 g/mol. The Morgan fingerprint density at radius 3 is 2.26 bits per heavy atom. The number of carbonyl (C=O) groups is 1. The van der Waals surface area contributed by atoms with Crippen LogP contribution in [0.4, 0.5) is 8.78 Å². The summed E-state index contributed by atoms with van der Waals surface area (Å²) in [6.07, 6.45) is 2.00. The highest BCUT2D eigenvalue weighted by molar-refractivity contribution is 5.98. The van der Waals surface area contributed by atoms with Gasteiger partial charge in [-0.25, -0.2) is 8.78 Å². The molecule has 104 valence electrons. The van der Waals surface area contributed by atoms with Crippen LogP contribution in [0.5, 0.6) is 0 Å². The third kappa shape index (κ3) is 3.38. The van der Waals surface area contributed by atoms with Crippen LogP contribution >= 0.6 is 0 Å². The molecular weight excluding hydrogens is 248 g/mol. The highest BCUT2D eigenvalue weighted by atomic mass is 19.1. The fourth-order valence-corrected chi connectivity index (χ4v) is 2.36. The molecule has 0 N–H and O–H groups in total. The molecule has 1 aromatic carbocycles. The number of carbonyl (C=O) groups excluding carboxylic acids is 1. The number of hydrogen-bond donors (Lipinski definition) is 0. The fraction of sp³-hybridized carbons (Fsp3) is 0.533. The van der Waals surface area contributed by atoms with Crippen molar-refractivity contribution in [3.05, 3.63) is 35.4 Å². The van der Waals surface area contributed by atoms with Crippen LogP contribution in [0.1, 0.15) is 37.0 Å². The zero-order chi connectivity index (χ0) is 14.0. The van der Waals surface area contributed by atoms with Gasteiger partial charge in [-0.1, -0.05) is 19.9 Å². The summed E-state index contributed by atoms with van der Waals surface area (Å²) in [5.74, 6) is -2.03. The number of piperidine rings is 1. The number of Topliss-reactive ketones (excluding diaryl/α,β-unsaturated/α-hetero) is 1. The maximum Gasteiger partial charge on any atom is 0.182 e. The molecule has 1 aliphatic rings. The highest BCUT2D eigenvalue weighted by Crippen LogP contribution is 2.29. The van der Waals surface area contributed by atoms with Gasteiger partial charge >= 0.3 is 0 Å². The summed E-state index contributed by atoms with van der Waals surface area (Å²) in [5.41, 5.74) is -0.115. The molecule has 0 atom stereocenters. The van der Waals surface area contributed by atoms with Gasteiger partial charge in [-0.05, 0) is 43.5 Å². The van der Waals surface area contributed by atoms with Gasteiger partial charge in [-0.15, -0.1) is 0 Å². The van der Waals surface area contributed by atoms with Crippen molar-refractivity contribution >= 4 is 5.78 Å². The van der Waals surface area contributed by atoms with Crippen molar-refractivity contribution in [2.24, 2.45) is 5.41 Å². The molecular formula is C15H19F2NO. The van der Waals surface area contributed by atoms with Crippen LogP contribution in [-0.4, -0.2) is 30.3 Å². The lowest BCUT2D eigenvalue weighted by Crippen LogP contribution is -2.40. The standard InChI is InChI=1S/C15H19F2NO/c1-15(2)6-8-18(9-7-15)10-13(19)14-11(16)4-3-5-12(14)17/h3-5H,6-10H2,1-2H3. The van der Waals surface area contributed by atoms with E-state index in [1.807, 2.05) is 4.90 Å². The molecule has 0 aromatic heterocycles. The van der Waals surface area contributed by atoms with Crippen LogP contribution in [-0.2, 0) is 0 Å². The average Bonchev–Trinajstić information content (AvgIpc) is 2.32. The average molecular weight is 267 g/mol. The first-order valence-corrected chi connectivity index (χ1v) is 6.59. The van der Waals surface area contributed by atoms with E-state index in [1.165, 1.54) is 6.07 Å². The predicted molar refractivity (Wildman–Crippen MR) is 70.1 cm³/mol. The Morgan fingerprint density at radius 2 is 1.74 bits per heavy atom. The van der Waals surface area contributed by atoms with E-state index < -0.39 is 23.0 Å². The van der Waals surface area contributed by atoms with Crippen molar-refractivity contribution in [3.63, 3.8) is 0 Å². The third-order valence-electron chi connectivity index (χ3n) is 3.82. The molecule has 0 bridgehead atoms. The molecule has 1 fully saturated rings. The van der Waals surface area contributed by atoms with E-state index in [1.54, 1.807) is 0 Å². The molecule has 0 aliphatic carbocycles. The number of hydrogen-bond acceptors (Lipinski definition) is 2. The first-order chi connectivity index (χ1) is 8.89. The molecule has 0 amide bonds. The lowest BCUT2D eigenvalue weighted by atomic mass is 9.82. The van der Waals surface area contributed by atoms with E-state index in [-0.39, 0.29) is 6.54 Å². The Labute approximate surface area is 112 Å². The van der Waals surface area contributed by atoms with Gasteiger partial charge in [0.25, 0.3) is 0 Å². The van der Waals surface area contributed by atoms with Gasteiger partial charge in [0, 0.05) is 0 Å². The number of likely N-dealkylation sites (tertiary alicyclic amines) is 1. The van der Waals surface area contributed by atoms with Crippen LogP contribution in [0.15, 0.2) is 18.2 Å². The normalized spacial score (nSPS) is 19.4. The topological polar surface area (TPSA) is 20.3 Å². The smallest absolute Gasteiger partial charge is 0.182 e. The highest BCUT2D eigenvalue weighted by Gasteiger charge is 2.27. The zero-order valence-corrected chi connectivity index (χ0v) is 11.4. The van der Waals surface area contributed by atoms with E-state index in [2.05, 4.69) is 13.8 Å². The second kappa shape index (κ2) is 5.37. The van der Waals surface area contributed by atoms with Gasteiger partial charge < -0.3 is 0 Å². The van der Waals surface area contributed by atoms with Crippen LogP contribution in [0.25, 0.3) is 0 Å². The summed E-state index contributed by atoms with van der Waals surface area (Å²) in [6, 6.07) is 3.51. The predicted octanol–water partition coefficient (Wildman–Crippen LogP) is 3.27. The molecule has 0 unspecified atom stereocenters. The minimum Gasteiger partial charge on any atom is -0.296 e. The van der Waals surface area contributed by atoms with Crippen LogP contribution in [0, 0.1) is 17.0 Å². The Balaban J connectivity index is 2.02. The number of ketones is 1.